The second-order valence-corrected chi connectivity index (χ2v) is 6.35. The molecule has 18 heavy (non-hydrogen) atoms. The monoisotopic (exact) mass is 288 g/mol. The molecule has 0 saturated heterocycles. The minimum atomic E-state index is -3.28. The van der Waals surface area contributed by atoms with Gasteiger partial charge in [-0.15, -0.1) is 11.3 Å². The van der Waals surface area contributed by atoms with Crippen molar-refractivity contribution in [3.8, 4) is 0 Å². The Morgan fingerprint density at radius 3 is 2.50 bits per heavy atom. The summed E-state index contributed by atoms with van der Waals surface area (Å²) in [5, 5.41) is 4.22. The lowest BCUT2D eigenvalue weighted by atomic mass is 10.3. The van der Waals surface area contributed by atoms with Crippen LogP contribution >= 0.6 is 22.1 Å². The van der Waals surface area contributed by atoms with Gasteiger partial charge in [0.15, 0.2) is 0 Å². The van der Waals surface area contributed by atoms with E-state index < -0.39 is 16.8 Å². The van der Waals surface area contributed by atoms with E-state index in [2.05, 4.69) is 10.0 Å². The Morgan fingerprint density at radius 2 is 1.89 bits per heavy atom. The van der Waals surface area contributed by atoms with Gasteiger partial charge in [-0.3, -0.25) is 9.11 Å². The first kappa shape index (κ1) is 12.9. The van der Waals surface area contributed by atoms with Crippen LogP contribution in [-0.2, 0) is 0 Å². The number of nitrogens with one attached hydrogen (secondary N) is 2. The van der Waals surface area contributed by atoms with E-state index in [9.17, 15) is 13.9 Å². The Morgan fingerprint density at radius 1 is 1.17 bits per heavy atom. The summed E-state index contributed by atoms with van der Waals surface area (Å²) in [5.74, 6) is 0. The zero-order valence-electron chi connectivity index (χ0n) is 9.24. The first-order chi connectivity index (χ1) is 8.58. The van der Waals surface area contributed by atoms with Crippen molar-refractivity contribution in [1.82, 2.24) is 4.72 Å². The molecule has 4 N–H and O–H groups in total. The van der Waals surface area contributed by atoms with Crippen LogP contribution in [0.4, 0.5) is 10.5 Å². The fourth-order valence-corrected chi connectivity index (χ4v) is 3.24. The molecule has 0 aliphatic carbocycles. The maximum atomic E-state index is 11.6. The normalized spacial score (nSPS) is 11.9. The summed E-state index contributed by atoms with van der Waals surface area (Å²) in [7, 11) is -3.28. The molecule has 0 bridgehead atoms. The predicted octanol–water partition coefficient (Wildman–Crippen LogP) is 4.09. The van der Waals surface area contributed by atoms with Gasteiger partial charge in [0.25, 0.3) is 0 Å². The quantitative estimate of drug-likeness (QED) is 0.686. The smallest absolute Gasteiger partial charge is 0.307 e. The Kier molecular flexibility index (Phi) is 3.87. The van der Waals surface area contributed by atoms with Gasteiger partial charge in [0.1, 0.15) is 4.21 Å². The molecular formula is C11H16N2O3S2. The Hall–Kier alpha value is -1.54. The number of hydrogen-bond donors (Lipinski definition) is 4. The number of anilines is 1. The molecule has 2 amide bonds. The Labute approximate surface area is 113 Å². The lowest BCUT2D eigenvalue weighted by molar-refractivity contribution is 0.255. The van der Waals surface area contributed by atoms with Gasteiger partial charge in [-0.1, -0.05) is 29.0 Å². The molecule has 0 radical (unpaired) electrons. The Bertz CT molecular complexity index is 524. The van der Waals surface area contributed by atoms with E-state index in [4.69, 9.17) is 0 Å². The predicted molar refractivity (Wildman–Crippen MR) is 78.3 cm³/mol. The van der Waals surface area contributed by atoms with Crippen LogP contribution in [0, 0.1) is 0 Å². The summed E-state index contributed by atoms with van der Waals surface area (Å²) in [6, 6.07) is 11.4. The van der Waals surface area contributed by atoms with E-state index in [1.807, 2.05) is 6.07 Å². The first-order valence-corrected chi connectivity index (χ1v) is 7.46. The van der Waals surface area contributed by atoms with Gasteiger partial charge in [0, 0.05) is 8.54 Å². The SMILES string of the molecule is O=C(Nc1ccccc1)NS(O)(O)c1cccs1.[HH].[HH]. The summed E-state index contributed by atoms with van der Waals surface area (Å²) >= 11 is 1.17. The van der Waals surface area contributed by atoms with Crippen molar-refractivity contribution in [2.24, 2.45) is 0 Å². The zero-order chi connectivity index (χ0) is 13.0. The summed E-state index contributed by atoms with van der Waals surface area (Å²) in [4.78, 5) is 11.6. The highest BCUT2D eigenvalue weighted by Crippen LogP contribution is 2.46. The molecule has 7 heteroatoms. The number of carbonyl (C=O) groups excluding carboxylic acids is 1. The van der Waals surface area contributed by atoms with Gasteiger partial charge in [0.05, 0.1) is 0 Å². The second kappa shape index (κ2) is 5.40. The van der Waals surface area contributed by atoms with Gasteiger partial charge >= 0.3 is 6.03 Å². The number of hydrogen-bond acceptors (Lipinski definition) is 4. The van der Waals surface area contributed by atoms with Gasteiger partial charge in [-0.05, 0) is 29.6 Å². The third-order valence-electron chi connectivity index (χ3n) is 2.04. The zero-order valence-corrected chi connectivity index (χ0v) is 10.9. The summed E-state index contributed by atoms with van der Waals surface area (Å²) < 4.78 is 22.1. The van der Waals surface area contributed by atoms with Crippen LogP contribution in [0.25, 0.3) is 0 Å². The second-order valence-electron chi connectivity index (χ2n) is 3.40. The van der Waals surface area contributed by atoms with Crippen LogP contribution in [0.1, 0.15) is 2.85 Å². The van der Waals surface area contributed by atoms with E-state index in [0.29, 0.717) is 9.90 Å². The molecule has 2 aromatic rings. The van der Waals surface area contributed by atoms with Gasteiger partial charge < -0.3 is 5.32 Å². The number of para-hydroxylation sites is 1. The minimum absolute atomic E-state index is 0. The van der Waals surface area contributed by atoms with Crippen LogP contribution in [-0.4, -0.2) is 15.1 Å². The molecule has 1 heterocycles. The molecule has 1 aromatic heterocycles. The van der Waals surface area contributed by atoms with Crippen LogP contribution in [0.5, 0.6) is 0 Å². The number of rotatable bonds is 3. The minimum Gasteiger partial charge on any atom is -0.307 e. The topological polar surface area (TPSA) is 81.6 Å². The largest absolute Gasteiger partial charge is 0.337 e. The summed E-state index contributed by atoms with van der Waals surface area (Å²) in [5.41, 5.74) is 0.580. The van der Waals surface area contributed by atoms with Crippen LogP contribution in [0.15, 0.2) is 52.1 Å². The summed E-state index contributed by atoms with van der Waals surface area (Å²) in [6.45, 7) is 0. The van der Waals surface area contributed by atoms with Crippen molar-refractivity contribution >= 4 is 33.8 Å². The average Bonchev–Trinajstić information content (AvgIpc) is 2.83. The molecule has 0 aliphatic heterocycles. The molecule has 0 spiro atoms. The van der Waals surface area contributed by atoms with E-state index in [-0.39, 0.29) is 2.85 Å². The van der Waals surface area contributed by atoms with Crippen LogP contribution in [0.3, 0.4) is 0 Å². The molecule has 2 rings (SSSR count). The highest BCUT2D eigenvalue weighted by Gasteiger charge is 2.19. The number of benzene rings is 1. The van der Waals surface area contributed by atoms with Crippen molar-refractivity contribution in [2.45, 2.75) is 4.21 Å². The standard InChI is InChI=1S/C11H12N2O3S2.2H2/c14-11(12-9-5-2-1-3-6-9)13-18(15,16)10-7-4-8-17-10;;/h1-8,15-16H,(H2,12,13,14);2*1H. The van der Waals surface area contributed by atoms with E-state index >= 15 is 0 Å². The third kappa shape index (κ3) is 3.23. The lowest BCUT2D eigenvalue weighted by Crippen LogP contribution is -2.31. The molecule has 0 unspecified atom stereocenters. The van der Waals surface area contributed by atoms with Crippen molar-refractivity contribution < 1.29 is 16.8 Å². The van der Waals surface area contributed by atoms with E-state index in [1.165, 1.54) is 11.3 Å². The fourth-order valence-electron chi connectivity index (χ4n) is 1.28. The molecule has 0 aliphatic rings. The van der Waals surface area contributed by atoms with Crippen molar-refractivity contribution in [3.63, 3.8) is 0 Å². The number of thiophene rings is 1. The molecule has 0 saturated carbocycles. The molecule has 100 valence electrons. The summed E-state index contributed by atoms with van der Waals surface area (Å²) in [6.07, 6.45) is 0. The van der Waals surface area contributed by atoms with Gasteiger partial charge in [-0.25, -0.2) is 9.52 Å². The molecule has 1 aromatic carbocycles. The van der Waals surface area contributed by atoms with Gasteiger partial charge in [0.2, 0.25) is 0 Å². The molecule has 0 fully saturated rings. The highest BCUT2D eigenvalue weighted by molar-refractivity contribution is 8.24. The number of urea groups is 1. The average molecular weight is 288 g/mol. The molecular weight excluding hydrogens is 272 g/mol. The number of carbonyl (C=O) groups is 1. The third-order valence-corrected chi connectivity index (χ3v) is 4.86. The first-order valence-electron chi connectivity index (χ1n) is 5.03. The lowest BCUT2D eigenvalue weighted by Gasteiger charge is -2.30. The fraction of sp³-hybridized carbons (Fsp3) is 0. The maximum Gasteiger partial charge on any atom is 0.337 e. The molecule has 0 atom stereocenters. The number of amides is 2. The van der Waals surface area contributed by atoms with Crippen LogP contribution in [0.2, 0.25) is 0 Å². The highest BCUT2D eigenvalue weighted by atomic mass is 32.3. The maximum absolute atomic E-state index is 11.6. The van der Waals surface area contributed by atoms with E-state index in [1.54, 1.807) is 41.8 Å². The Balaban J connectivity index is 0.00000180. The van der Waals surface area contributed by atoms with E-state index in [0.717, 1.165) is 0 Å². The van der Waals surface area contributed by atoms with Crippen molar-refractivity contribution in [3.05, 3.63) is 47.8 Å². The van der Waals surface area contributed by atoms with Crippen molar-refractivity contribution in [1.29, 1.82) is 0 Å². The van der Waals surface area contributed by atoms with Gasteiger partial charge in [-0.2, -0.15) is 0 Å². The van der Waals surface area contributed by atoms with Crippen LogP contribution < -0.4 is 10.0 Å². The molecule has 5 nitrogen and oxygen atoms in total. The van der Waals surface area contributed by atoms with Crippen molar-refractivity contribution in [2.75, 3.05) is 5.32 Å².